The fourth-order valence-corrected chi connectivity index (χ4v) is 2.55. The highest BCUT2D eigenvalue weighted by atomic mass is 16.6. The lowest BCUT2D eigenvalue weighted by Crippen LogP contribution is -2.17. The highest BCUT2D eigenvalue weighted by Crippen LogP contribution is 2.25. The van der Waals surface area contributed by atoms with Crippen molar-refractivity contribution in [1.29, 1.82) is 0 Å². The third kappa shape index (κ3) is 7.40. The number of nitrogens with one attached hydrogen (secondary N) is 1. The molecule has 8 heteroatoms. The molecule has 0 spiro atoms. The number of hydrogen-bond donors (Lipinski definition) is 3. The first-order valence-electron chi connectivity index (χ1n) is 9.20. The van der Waals surface area contributed by atoms with Crippen molar-refractivity contribution >= 4 is 23.5 Å². The maximum Gasteiger partial charge on any atom is 0.412 e. The fraction of sp³-hybridized carbons (Fsp3) is 0.227. The number of amides is 1. The Kier molecular flexibility index (Phi) is 8.58. The quantitative estimate of drug-likeness (QED) is 0.402. The zero-order valence-electron chi connectivity index (χ0n) is 16.4. The fourth-order valence-electron chi connectivity index (χ4n) is 2.55. The first-order chi connectivity index (χ1) is 14.4. The molecule has 0 fully saturated rings. The van der Waals surface area contributed by atoms with Gasteiger partial charge in [0.25, 0.3) is 0 Å². The number of benzene rings is 2. The van der Waals surface area contributed by atoms with Crippen LogP contribution in [0.5, 0.6) is 5.75 Å². The molecule has 0 unspecified atom stereocenters. The minimum Gasteiger partial charge on any atom is -0.491 e. The Labute approximate surface area is 173 Å². The predicted molar refractivity (Wildman–Crippen MR) is 110 cm³/mol. The van der Waals surface area contributed by atoms with Gasteiger partial charge in [-0.25, -0.2) is 9.59 Å². The van der Waals surface area contributed by atoms with Crippen LogP contribution >= 0.6 is 0 Å². The van der Waals surface area contributed by atoms with Crippen LogP contribution in [0.25, 0.3) is 0 Å². The van der Waals surface area contributed by atoms with Crippen molar-refractivity contribution in [1.82, 2.24) is 0 Å². The van der Waals surface area contributed by atoms with E-state index in [1.807, 2.05) is 0 Å². The molecule has 0 saturated carbocycles. The summed E-state index contributed by atoms with van der Waals surface area (Å²) in [7, 11) is 0. The summed E-state index contributed by atoms with van der Waals surface area (Å²) in [5.74, 6) is -0.639. The molecular formula is C22H23NO7. The molecule has 0 bridgehead atoms. The summed E-state index contributed by atoms with van der Waals surface area (Å²) in [4.78, 5) is 34.4. The summed E-state index contributed by atoms with van der Waals surface area (Å²) in [6.45, 7) is 1.50. The zero-order valence-corrected chi connectivity index (χ0v) is 16.4. The van der Waals surface area contributed by atoms with Gasteiger partial charge < -0.3 is 19.7 Å². The van der Waals surface area contributed by atoms with Gasteiger partial charge in [-0.15, -0.1) is 0 Å². The number of aliphatic hydroxyl groups excluding tert-OH is 1. The number of aliphatic hydroxyl groups is 1. The average Bonchev–Trinajstić information content (AvgIpc) is 2.72. The van der Waals surface area contributed by atoms with Crippen LogP contribution < -0.4 is 10.1 Å². The van der Waals surface area contributed by atoms with Crippen molar-refractivity contribution in [2.24, 2.45) is 0 Å². The van der Waals surface area contributed by atoms with E-state index in [0.717, 1.165) is 6.08 Å². The molecule has 0 saturated heterocycles. The molecule has 3 N–H and O–H groups in total. The molecule has 2 aromatic carbocycles. The lowest BCUT2D eigenvalue weighted by Gasteiger charge is -2.18. The van der Waals surface area contributed by atoms with Crippen LogP contribution in [-0.4, -0.2) is 41.3 Å². The highest BCUT2D eigenvalue weighted by Gasteiger charge is 2.16. The molecule has 0 aromatic heterocycles. The molecule has 1 amide bonds. The largest absolute Gasteiger partial charge is 0.491 e. The van der Waals surface area contributed by atoms with E-state index in [2.05, 4.69) is 5.32 Å². The van der Waals surface area contributed by atoms with E-state index in [4.69, 9.17) is 19.7 Å². The summed E-state index contributed by atoms with van der Waals surface area (Å²) < 4.78 is 10.8. The van der Waals surface area contributed by atoms with Gasteiger partial charge in [0, 0.05) is 23.7 Å². The van der Waals surface area contributed by atoms with Gasteiger partial charge in [0.1, 0.15) is 18.5 Å². The number of carboxylic acid groups (broad SMARTS) is 1. The molecule has 0 aliphatic carbocycles. The third-order valence-corrected chi connectivity index (χ3v) is 4.01. The Balaban J connectivity index is 2.08. The van der Waals surface area contributed by atoms with E-state index in [-0.39, 0.29) is 25.4 Å². The topological polar surface area (TPSA) is 122 Å². The third-order valence-electron chi connectivity index (χ3n) is 4.01. The van der Waals surface area contributed by atoms with Gasteiger partial charge >= 0.3 is 12.1 Å². The van der Waals surface area contributed by atoms with Crippen LogP contribution in [0.2, 0.25) is 0 Å². The van der Waals surface area contributed by atoms with Gasteiger partial charge in [0.05, 0.1) is 6.61 Å². The molecule has 30 heavy (non-hydrogen) atoms. The Morgan fingerprint density at radius 2 is 1.73 bits per heavy atom. The van der Waals surface area contributed by atoms with Crippen molar-refractivity contribution in [3.63, 3.8) is 0 Å². The van der Waals surface area contributed by atoms with E-state index in [0.29, 0.717) is 22.6 Å². The van der Waals surface area contributed by atoms with Gasteiger partial charge in [-0.3, -0.25) is 10.1 Å². The number of ketones is 1. The zero-order chi connectivity index (χ0) is 21.9. The Hall–Kier alpha value is -3.65. The van der Waals surface area contributed by atoms with Gasteiger partial charge in [-0.05, 0) is 48.9 Å². The smallest absolute Gasteiger partial charge is 0.412 e. The van der Waals surface area contributed by atoms with Crippen LogP contribution in [0.3, 0.4) is 0 Å². The normalized spacial score (nSPS) is 11.7. The van der Waals surface area contributed by atoms with Gasteiger partial charge in [0.2, 0.25) is 0 Å². The van der Waals surface area contributed by atoms with Crippen LogP contribution in [0.15, 0.2) is 60.7 Å². The first-order valence-corrected chi connectivity index (χ1v) is 9.20. The monoisotopic (exact) mass is 413 g/mol. The minimum absolute atomic E-state index is 0.0826. The van der Waals surface area contributed by atoms with E-state index in [1.54, 1.807) is 48.5 Å². The van der Waals surface area contributed by atoms with Crippen molar-refractivity contribution in [2.75, 3.05) is 18.5 Å². The molecular weight excluding hydrogens is 390 g/mol. The summed E-state index contributed by atoms with van der Waals surface area (Å²) >= 11 is 0. The second-order valence-corrected chi connectivity index (χ2v) is 6.27. The van der Waals surface area contributed by atoms with E-state index in [1.165, 1.54) is 13.0 Å². The molecule has 8 nitrogen and oxygen atoms in total. The van der Waals surface area contributed by atoms with Crippen LogP contribution in [-0.2, 0) is 9.53 Å². The van der Waals surface area contributed by atoms with Crippen LogP contribution in [0, 0.1) is 0 Å². The molecule has 0 aliphatic heterocycles. The Morgan fingerprint density at radius 3 is 2.30 bits per heavy atom. The highest BCUT2D eigenvalue weighted by molar-refractivity contribution is 5.95. The lowest BCUT2D eigenvalue weighted by atomic mass is 10.1. The average molecular weight is 413 g/mol. The van der Waals surface area contributed by atoms with Crippen molar-refractivity contribution in [3.8, 4) is 5.75 Å². The van der Waals surface area contributed by atoms with Crippen molar-refractivity contribution in [2.45, 2.75) is 19.4 Å². The summed E-state index contributed by atoms with van der Waals surface area (Å²) in [6.07, 6.45) is 1.08. The SMILES string of the molecule is CC(=O)c1ccc(NC(=O)O[C@@H](C/C=C/C(=O)O)c2ccc(OCCO)cc2)cc1. The predicted octanol–water partition coefficient (Wildman–Crippen LogP) is 3.58. The second-order valence-electron chi connectivity index (χ2n) is 6.27. The Bertz CT molecular complexity index is 889. The molecule has 1 atom stereocenters. The van der Waals surface area contributed by atoms with E-state index >= 15 is 0 Å². The molecule has 0 aliphatic rings. The molecule has 2 aromatic rings. The second kappa shape index (κ2) is 11.4. The number of rotatable bonds is 10. The van der Waals surface area contributed by atoms with Crippen LogP contribution in [0.1, 0.15) is 35.4 Å². The minimum atomic E-state index is -1.10. The molecule has 0 heterocycles. The molecule has 2 rings (SSSR count). The van der Waals surface area contributed by atoms with Crippen molar-refractivity contribution < 1.29 is 34.1 Å². The standard InChI is InChI=1S/C22H23NO7/c1-15(25)16-5-9-18(10-6-16)23-22(28)30-20(3-2-4-21(26)27)17-7-11-19(12-8-17)29-14-13-24/h2,4-12,20,24H,3,13-14H2,1H3,(H,23,28)(H,26,27)/b4-2+/t20-/m0/s1. The number of carbonyl (C=O) groups is 3. The first kappa shape index (κ1) is 22.6. The Morgan fingerprint density at radius 1 is 1.07 bits per heavy atom. The number of hydrogen-bond acceptors (Lipinski definition) is 6. The van der Waals surface area contributed by atoms with Gasteiger partial charge in [-0.2, -0.15) is 0 Å². The molecule has 0 radical (unpaired) electrons. The summed E-state index contributed by atoms with van der Waals surface area (Å²) in [5.41, 5.74) is 1.62. The number of Topliss-reactive ketones (excluding diaryl/α,β-unsaturated/α-hetero) is 1. The van der Waals surface area contributed by atoms with E-state index < -0.39 is 18.2 Å². The lowest BCUT2D eigenvalue weighted by molar-refractivity contribution is -0.131. The number of aliphatic carboxylic acids is 1. The van der Waals surface area contributed by atoms with Crippen molar-refractivity contribution in [3.05, 3.63) is 71.8 Å². The summed E-state index contributed by atoms with van der Waals surface area (Å²) in [5, 5.41) is 20.2. The maximum absolute atomic E-state index is 12.3. The maximum atomic E-state index is 12.3. The van der Waals surface area contributed by atoms with E-state index in [9.17, 15) is 14.4 Å². The van der Waals surface area contributed by atoms with Crippen LogP contribution in [0.4, 0.5) is 10.5 Å². The van der Waals surface area contributed by atoms with Gasteiger partial charge in [0.15, 0.2) is 5.78 Å². The summed E-state index contributed by atoms with van der Waals surface area (Å²) in [6, 6.07) is 13.1. The van der Waals surface area contributed by atoms with Gasteiger partial charge in [-0.1, -0.05) is 18.2 Å². The molecule has 158 valence electrons. The number of anilines is 1. The number of ether oxygens (including phenoxy) is 2. The number of carboxylic acids is 1. The number of carbonyl (C=O) groups excluding carboxylic acids is 2.